The van der Waals surface area contributed by atoms with Gasteiger partial charge in [-0.15, -0.1) is 0 Å². The van der Waals surface area contributed by atoms with E-state index in [2.05, 4.69) is 0 Å². The first-order valence-electron chi connectivity index (χ1n) is 0. The summed E-state index contributed by atoms with van der Waals surface area (Å²) in [5.41, 5.74) is 0. The molecule has 5 heteroatoms. The summed E-state index contributed by atoms with van der Waals surface area (Å²) in [5.74, 6) is 0. The second kappa shape index (κ2) is 32.4. The Bertz CT molecular complexity index is 6.85. The Hall–Kier alpha value is 2.40. The van der Waals surface area contributed by atoms with E-state index in [0.717, 1.165) is 0 Å². The van der Waals surface area contributed by atoms with Crippen LogP contribution in [0, 0.1) is 0 Å². The molecule has 0 aromatic rings. The molecule has 0 saturated heterocycles. The van der Waals surface area contributed by atoms with E-state index in [9.17, 15) is 0 Å². The molecule has 0 rings (SSSR count). The van der Waals surface area contributed by atoms with Crippen molar-refractivity contribution in [2.45, 2.75) is 0 Å². The van der Waals surface area contributed by atoms with E-state index in [1.807, 2.05) is 0 Å². The molecule has 0 aliphatic rings. The van der Waals surface area contributed by atoms with Gasteiger partial charge in [0.2, 0.25) is 0 Å². The molecule has 0 bridgehead atoms. The summed E-state index contributed by atoms with van der Waals surface area (Å²) in [7, 11) is 0. The molecule has 0 heterocycles. The van der Waals surface area contributed by atoms with Crippen LogP contribution in [-0.4, -0.2) is 0 Å². The molecule has 0 unspecified atom stereocenters. The second-order valence-electron chi connectivity index (χ2n) is 0. The summed E-state index contributed by atoms with van der Waals surface area (Å²) in [6.45, 7) is 0. The molecular formula is MoReS3-6. The zero-order valence-electron chi connectivity index (χ0n) is 2.01. The summed E-state index contributed by atoms with van der Waals surface area (Å²) >= 11 is 0. The molecule has 0 spiro atoms. The summed E-state index contributed by atoms with van der Waals surface area (Å²) in [4.78, 5) is 0. The third-order valence-corrected chi connectivity index (χ3v) is 0. The van der Waals surface area contributed by atoms with Gasteiger partial charge in [0, 0.05) is 41.5 Å². The van der Waals surface area contributed by atoms with Crippen LogP contribution in [-0.2, 0) is 82.0 Å². The van der Waals surface area contributed by atoms with Crippen LogP contribution in [0.15, 0.2) is 0 Å². The fraction of sp³-hybridized carbons (Fsp3) is 0. The fourth-order valence-corrected chi connectivity index (χ4v) is 0. The van der Waals surface area contributed by atoms with Crippen molar-refractivity contribution < 1.29 is 41.5 Å². The molecule has 0 aliphatic heterocycles. The average Bonchev–Trinajstić information content (AvgIpc) is 0. The summed E-state index contributed by atoms with van der Waals surface area (Å²) in [6.07, 6.45) is 0. The van der Waals surface area contributed by atoms with E-state index in [-0.39, 0.29) is 82.0 Å². The van der Waals surface area contributed by atoms with Crippen molar-refractivity contribution in [2.24, 2.45) is 0 Å². The summed E-state index contributed by atoms with van der Waals surface area (Å²) < 4.78 is 0. The van der Waals surface area contributed by atoms with E-state index in [4.69, 9.17) is 0 Å². The first kappa shape index (κ1) is 52.6. The molecule has 0 N–H and O–H groups in total. The third kappa shape index (κ3) is 21.5. The Morgan fingerprint density at radius 3 is 0.600 bits per heavy atom. The van der Waals surface area contributed by atoms with Gasteiger partial charge in [-0.05, 0) is 0 Å². The van der Waals surface area contributed by atoms with Crippen LogP contribution in [0.5, 0.6) is 0 Å². The maximum atomic E-state index is 0. The molecule has 0 aliphatic carbocycles. The molecule has 1 radical (unpaired) electrons. The van der Waals surface area contributed by atoms with E-state index in [0.29, 0.717) is 0 Å². The Kier molecular flexibility index (Phi) is 341. The van der Waals surface area contributed by atoms with Crippen LogP contribution in [0.25, 0.3) is 0 Å². The largest absolute Gasteiger partial charge is 2.00 e. The van der Waals surface area contributed by atoms with Gasteiger partial charge in [0.05, 0.1) is 0 Å². The van der Waals surface area contributed by atoms with Crippen molar-refractivity contribution in [3.63, 3.8) is 0 Å². The van der Waals surface area contributed by atoms with Crippen molar-refractivity contribution in [1.29, 1.82) is 0 Å². The SMILES string of the molecule is [Mo].[Re].[S-2].[S-2].[S-2]. The molecule has 37 valence electrons. The van der Waals surface area contributed by atoms with Gasteiger partial charge in [-0.25, -0.2) is 0 Å². The van der Waals surface area contributed by atoms with E-state index in [1.54, 1.807) is 0 Å². The smallest absolute Gasteiger partial charge is 0 e. The Labute approximate surface area is 81.1 Å². The molecule has 0 saturated carbocycles. The van der Waals surface area contributed by atoms with Gasteiger partial charge in [0.1, 0.15) is 0 Å². The minimum Gasteiger partial charge on any atom is -2.00 e. The first-order chi connectivity index (χ1) is 0. The second-order valence-corrected chi connectivity index (χ2v) is 0. The minimum absolute atomic E-state index is 0. The zero-order chi connectivity index (χ0) is 0. The number of hydrogen-bond acceptors (Lipinski definition) is 0. The van der Waals surface area contributed by atoms with E-state index >= 15 is 0 Å². The summed E-state index contributed by atoms with van der Waals surface area (Å²) in [5, 5.41) is 0. The van der Waals surface area contributed by atoms with E-state index in [1.165, 1.54) is 0 Å². The number of hydrogen-bond donors (Lipinski definition) is 0. The monoisotopic (exact) mass is 381 g/mol. The molecular weight excluding hydrogens is 378 g/mol. The van der Waals surface area contributed by atoms with Gasteiger partial charge >= 0.3 is 0 Å². The Morgan fingerprint density at radius 2 is 0.600 bits per heavy atom. The molecule has 5 heavy (non-hydrogen) atoms. The quantitative estimate of drug-likeness (QED) is 0.521. The van der Waals surface area contributed by atoms with Crippen molar-refractivity contribution in [1.82, 2.24) is 0 Å². The van der Waals surface area contributed by atoms with Gasteiger partial charge in [-0.1, -0.05) is 0 Å². The van der Waals surface area contributed by atoms with Gasteiger partial charge in [-0.3, -0.25) is 0 Å². The Balaban J connectivity index is 0. The van der Waals surface area contributed by atoms with E-state index < -0.39 is 0 Å². The van der Waals surface area contributed by atoms with Gasteiger partial charge < -0.3 is 40.5 Å². The molecule has 0 atom stereocenters. The topological polar surface area (TPSA) is 0 Å². The van der Waals surface area contributed by atoms with Crippen LogP contribution in [0.1, 0.15) is 0 Å². The van der Waals surface area contributed by atoms with Crippen LogP contribution in [0.2, 0.25) is 0 Å². The standard InChI is InChI=1S/Mo.Re.3S/q;;3*-2. The van der Waals surface area contributed by atoms with Crippen molar-refractivity contribution in [3.05, 3.63) is 0 Å². The number of rotatable bonds is 0. The summed E-state index contributed by atoms with van der Waals surface area (Å²) in [6, 6.07) is 0. The maximum absolute atomic E-state index is 0. The predicted octanol–water partition coefficient (Wildman–Crippen LogP) is -0.0122. The normalized spacial score (nSPS) is 0. The maximum Gasteiger partial charge on any atom is 0 e. The van der Waals surface area contributed by atoms with Crippen molar-refractivity contribution in [3.8, 4) is 0 Å². The van der Waals surface area contributed by atoms with Crippen LogP contribution < -0.4 is 0 Å². The van der Waals surface area contributed by atoms with Crippen LogP contribution in [0.3, 0.4) is 0 Å². The molecule has 0 aromatic carbocycles. The first-order valence-corrected chi connectivity index (χ1v) is 0. The predicted molar refractivity (Wildman–Crippen MR) is 22.1 cm³/mol. The van der Waals surface area contributed by atoms with Crippen LogP contribution >= 0.6 is 0 Å². The van der Waals surface area contributed by atoms with Gasteiger partial charge in [-0.2, -0.15) is 0 Å². The zero-order valence-corrected chi connectivity index (χ0v) is 9.18. The molecule has 0 nitrogen and oxygen atoms in total. The molecule has 0 fully saturated rings. The minimum atomic E-state index is 0. The molecule has 0 aromatic heterocycles. The van der Waals surface area contributed by atoms with Crippen molar-refractivity contribution in [2.75, 3.05) is 0 Å². The Morgan fingerprint density at radius 1 is 0.600 bits per heavy atom. The van der Waals surface area contributed by atoms with Crippen LogP contribution in [0.4, 0.5) is 0 Å². The average molecular weight is 378 g/mol. The van der Waals surface area contributed by atoms with Gasteiger partial charge in [0.25, 0.3) is 0 Å². The molecule has 0 amide bonds. The van der Waals surface area contributed by atoms with Crippen molar-refractivity contribution >= 4 is 40.5 Å². The third-order valence-electron chi connectivity index (χ3n) is 0. The van der Waals surface area contributed by atoms with Gasteiger partial charge in [0.15, 0.2) is 0 Å². The fourth-order valence-electron chi connectivity index (χ4n) is 0.